The molecule has 17 heavy (non-hydrogen) atoms. The zero-order chi connectivity index (χ0) is 12.6. The largest absolute Gasteiger partial charge is 0.397 e. The maximum Gasteiger partial charge on any atom is 0.112 e. The van der Waals surface area contributed by atoms with Gasteiger partial charge in [-0.3, -0.25) is 0 Å². The van der Waals surface area contributed by atoms with Crippen molar-refractivity contribution in [2.24, 2.45) is 0 Å². The lowest BCUT2D eigenvalue weighted by atomic mass is 10.1. The highest BCUT2D eigenvalue weighted by Crippen LogP contribution is 2.25. The number of ether oxygens (including phenoxy) is 1. The van der Waals surface area contributed by atoms with Gasteiger partial charge >= 0.3 is 0 Å². The van der Waals surface area contributed by atoms with E-state index < -0.39 is 0 Å². The number of halogens is 1. The summed E-state index contributed by atoms with van der Waals surface area (Å²) in [7, 11) is 1.70. The maximum atomic E-state index is 5.92. The molecule has 0 radical (unpaired) electrons. The number of anilines is 1. The predicted octanol–water partition coefficient (Wildman–Crippen LogP) is 2.88. The highest BCUT2D eigenvalue weighted by molar-refractivity contribution is 9.10. The van der Waals surface area contributed by atoms with Gasteiger partial charge in [-0.05, 0) is 26.0 Å². The Balaban J connectivity index is 2.42. The van der Waals surface area contributed by atoms with Crippen LogP contribution in [0.4, 0.5) is 5.69 Å². The van der Waals surface area contributed by atoms with Crippen LogP contribution in [0.25, 0.3) is 11.0 Å². The molecule has 0 atom stereocenters. The Kier molecular flexibility index (Phi) is 3.14. The van der Waals surface area contributed by atoms with Crippen LogP contribution in [-0.4, -0.2) is 22.7 Å². The number of rotatable bonds is 3. The average molecular weight is 298 g/mol. The van der Waals surface area contributed by atoms with Crippen molar-refractivity contribution >= 4 is 32.7 Å². The standard InChI is InChI=1S/C12H16BrN3O/c1-12(2,17-3)6-10-15-9-5-7(13)4-8(14)11(9)16-10/h4-5H,6,14H2,1-3H3,(H,15,16). The fourth-order valence-corrected chi connectivity index (χ4v) is 2.19. The first kappa shape index (κ1) is 12.4. The van der Waals surface area contributed by atoms with Gasteiger partial charge in [-0.1, -0.05) is 15.9 Å². The molecule has 0 unspecified atom stereocenters. The van der Waals surface area contributed by atoms with Gasteiger partial charge in [0.1, 0.15) is 11.3 Å². The quantitative estimate of drug-likeness (QED) is 0.856. The van der Waals surface area contributed by atoms with Crippen LogP contribution in [0.15, 0.2) is 16.6 Å². The number of aromatic nitrogens is 2. The van der Waals surface area contributed by atoms with Gasteiger partial charge in [0.05, 0.1) is 16.8 Å². The molecule has 4 nitrogen and oxygen atoms in total. The van der Waals surface area contributed by atoms with E-state index in [0.717, 1.165) is 27.8 Å². The monoisotopic (exact) mass is 297 g/mol. The molecule has 2 rings (SSSR count). The molecule has 1 aromatic heterocycles. The Morgan fingerprint density at radius 2 is 2.18 bits per heavy atom. The summed E-state index contributed by atoms with van der Waals surface area (Å²) in [5, 5.41) is 0. The smallest absolute Gasteiger partial charge is 0.112 e. The number of nitrogens with one attached hydrogen (secondary N) is 1. The first-order valence-corrected chi connectivity index (χ1v) is 6.19. The molecular weight excluding hydrogens is 282 g/mol. The highest BCUT2D eigenvalue weighted by atomic mass is 79.9. The molecule has 0 fully saturated rings. The van der Waals surface area contributed by atoms with Crippen LogP contribution in [0, 0.1) is 0 Å². The molecular formula is C12H16BrN3O. The highest BCUT2D eigenvalue weighted by Gasteiger charge is 2.19. The number of methoxy groups -OCH3 is 1. The molecule has 0 amide bonds. The number of imidazole rings is 1. The first-order chi connectivity index (χ1) is 7.91. The molecule has 0 saturated heterocycles. The van der Waals surface area contributed by atoms with Gasteiger partial charge in [0.15, 0.2) is 0 Å². The van der Waals surface area contributed by atoms with Crippen LogP contribution in [-0.2, 0) is 11.2 Å². The summed E-state index contributed by atoms with van der Waals surface area (Å²) in [6.07, 6.45) is 0.717. The van der Waals surface area contributed by atoms with E-state index in [1.807, 2.05) is 26.0 Å². The zero-order valence-electron chi connectivity index (χ0n) is 10.2. The number of nitrogen functional groups attached to an aromatic ring is 1. The topological polar surface area (TPSA) is 63.9 Å². The van der Waals surface area contributed by atoms with E-state index in [4.69, 9.17) is 10.5 Å². The molecule has 5 heteroatoms. The van der Waals surface area contributed by atoms with E-state index in [0.29, 0.717) is 5.69 Å². The van der Waals surface area contributed by atoms with Crippen molar-refractivity contribution in [1.82, 2.24) is 9.97 Å². The van der Waals surface area contributed by atoms with Crippen molar-refractivity contribution in [3.05, 3.63) is 22.4 Å². The molecule has 92 valence electrons. The summed E-state index contributed by atoms with van der Waals surface area (Å²) in [6, 6.07) is 3.83. The second-order valence-corrected chi connectivity index (χ2v) is 5.63. The molecule has 0 aliphatic heterocycles. The molecule has 0 bridgehead atoms. The SMILES string of the molecule is COC(C)(C)Cc1nc2c(N)cc(Br)cc2[nH]1. The average Bonchev–Trinajstić information content (AvgIpc) is 2.59. The van der Waals surface area contributed by atoms with E-state index in [-0.39, 0.29) is 5.60 Å². The van der Waals surface area contributed by atoms with Crippen molar-refractivity contribution in [3.8, 4) is 0 Å². The summed E-state index contributed by atoms with van der Waals surface area (Å²) in [4.78, 5) is 7.77. The van der Waals surface area contributed by atoms with Gasteiger partial charge in [0.25, 0.3) is 0 Å². The third-order valence-corrected chi connectivity index (χ3v) is 3.23. The van der Waals surface area contributed by atoms with Gasteiger partial charge in [-0.15, -0.1) is 0 Å². The maximum absolute atomic E-state index is 5.92. The number of hydrogen-bond acceptors (Lipinski definition) is 3. The normalized spacial score (nSPS) is 12.2. The Morgan fingerprint density at radius 3 is 2.82 bits per heavy atom. The van der Waals surface area contributed by atoms with Crippen LogP contribution >= 0.6 is 15.9 Å². The van der Waals surface area contributed by atoms with E-state index in [2.05, 4.69) is 25.9 Å². The number of H-pyrrole nitrogens is 1. The van der Waals surface area contributed by atoms with Crippen molar-refractivity contribution in [3.63, 3.8) is 0 Å². The summed E-state index contributed by atoms with van der Waals surface area (Å²) >= 11 is 3.42. The molecule has 1 heterocycles. The van der Waals surface area contributed by atoms with Gasteiger partial charge < -0.3 is 15.5 Å². The number of fused-ring (bicyclic) bond motifs is 1. The number of aromatic amines is 1. The second-order valence-electron chi connectivity index (χ2n) is 4.72. The number of hydrogen-bond donors (Lipinski definition) is 2. The van der Waals surface area contributed by atoms with Gasteiger partial charge in [-0.2, -0.15) is 0 Å². The van der Waals surface area contributed by atoms with E-state index >= 15 is 0 Å². The second kappa shape index (κ2) is 4.31. The van der Waals surface area contributed by atoms with Crippen molar-refractivity contribution < 1.29 is 4.74 Å². The Labute approximate surface area is 109 Å². The Hall–Kier alpha value is -1.07. The summed E-state index contributed by atoms with van der Waals surface area (Å²) in [6.45, 7) is 4.05. The summed E-state index contributed by atoms with van der Waals surface area (Å²) < 4.78 is 6.34. The van der Waals surface area contributed by atoms with Crippen LogP contribution in [0.1, 0.15) is 19.7 Å². The Morgan fingerprint density at radius 1 is 1.47 bits per heavy atom. The fourth-order valence-electron chi connectivity index (χ4n) is 1.72. The van der Waals surface area contributed by atoms with Crippen molar-refractivity contribution in [1.29, 1.82) is 0 Å². The van der Waals surface area contributed by atoms with Crippen molar-refractivity contribution in [2.75, 3.05) is 12.8 Å². The molecule has 0 spiro atoms. The molecule has 2 aromatic rings. The molecule has 0 aliphatic rings. The minimum Gasteiger partial charge on any atom is -0.397 e. The lowest BCUT2D eigenvalue weighted by Gasteiger charge is -2.21. The molecule has 0 saturated carbocycles. The predicted molar refractivity (Wildman–Crippen MR) is 73.0 cm³/mol. The number of benzene rings is 1. The van der Waals surface area contributed by atoms with E-state index in [1.165, 1.54) is 0 Å². The van der Waals surface area contributed by atoms with Crippen molar-refractivity contribution in [2.45, 2.75) is 25.9 Å². The summed E-state index contributed by atoms with van der Waals surface area (Å²) in [5.74, 6) is 0.886. The van der Waals surface area contributed by atoms with E-state index in [9.17, 15) is 0 Å². The number of nitrogens with zero attached hydrogens (tertiary/aromatic N) is 1. The zero-order valence-corrected chi connectivity index (χ0v) is 11.8. The number of nitrogens with two attached hydrogens (primary N) is 1. The van der Waals surface area contributed by atoms with Crippen LogP contribution in [0.3, 0.4) is 0 Å². The molecule has 3 N–H and O–H groups in total. The van der Waals surface area contributed by atoms with Gasteiger partial charge in [-0.25, -0.2) is 4.98 Å². The van der Waals surface area contributed by atoms with Crippen LogP contribution in [0.5, 0.6) is 0 Å². The third-order valence-electron chi connectivity index (χ3n) is 2.78. The minimum atomic E-state index is -0.236. The minimum absolute atomic E-state index is 0.236. The lowest BCUT2D eigenvalue weighted by molar-refractivity contribution is 0.0218. The lowest BCUT2D eigenvalue weighted by Crippen LogP contribution is -2.26. The fraction of sp³-hybridized carbons (Fsp3) is 0.417. The summed E-state index contributed by atoms with van der Waals surface area (Å²) in [5.41, 5.74) is 8.12. The van der Waals surface area contributed by atoms with Crippen LogP contribution in [0.2, 0.25) is 0 Å². The third kappa shape index (κ3) is 2.61. The Bertz CT molecular complexity index is 548. The van der Waals surface area contributed by atoms with Gasteiger partial charge in [0, 0.05) is 18.0 Å². The molecule has 1 aromatic carbocycles. The van der Waals surface area contributed by atoms with Gasteiger partial charge in [0.2, 0.25) is 0 Å². The first-order valence-electron chi connectivity index (χ1n) is 5.40. The molecule has 0 aliphatic carbocycles. The van der Waals surface area contributed by atoms with Crippen LogP contribution < -0.4 is 5.73 Å². The van der Waals surface area contributed by atoms with E-state index in [1.54, 1.807) is 7.11 Å².